The lowest BCUT2D eigenvalue weighted by Gasteiger charge is -2.15. The number of nitrogens with zero attached hydrogens (tertiary/aromatic N) is 3. The first kappa shape index (κ1) is 27.1. The third-order valence-corrected chi connectivity index (χ3v) is 7.45. The topological polar surface area (TPSA) is 121 Å². The minimum atomic E-state index is -0.405. The average molecular weight is 578 g/mol. The summed E-state index contributed by atoms with van der Waals surface area (Å²) in [4.78, 5) is 18.2. The minimum Gasteiger partial charge on any atom is -0.487 e. The quantitative estimate of drug-likeness (QED) is 0.270. The Labute approximate surface area is 240 Å². The van der Waals surface area contributed by atoms with E-state index in [-0.39, 0.29) is 5.41 Å². The summed E-state index contributed by atoms with van der Waals surface area (Å²) < 4.78 is 31.5. The van der Waals surface area contributed by atoms with E-state index in [4.69, 9.17) is 28.5 Å². The molecule has 0 fully saturated rings. The largest absolute Gasteiger partial charge is 0.487 e. The van der Waals surface area contributed by atoms with Crippen LogP contribution in [0.4, 0.5) is 16.3 Å². The van der Waals surface area contributed by atoms with Crippen LogP contribution in [0, 0.1) is 0 Å². The van der Waals surface area contributed by atoms with Crippen molar-refractivity contribution < 1.29 is 28.3 Å². The van der Waals surface area contributed by atoms with Crippen LogP contribution >= 0.6 is 11.3 Å². The van der Waals surface area contributed by atoms with E-state index in [9.17, 15) is 4.79 Å². The standard InChI is InChI=1S/C29H31N5O6S/c1-29(2,3)25-16-26(33-40-25)32-27(35)30-19-6-4-18(5-7-19)20-17-34-21-14-22-23(15-24(21)41-28(34)31-20)39-13-11-37-9-8-36-10-12-38-22/h4-7,14-17H,8-13H2,1-3H3,(H2,30,32,33,35). The Balaban J connectivity index is 1.17. The van der Waals surface area contributed by atoms with Gasteiger partial charge in [0.1, 0.15) is 19.0 Å². The Morgan fingerprint density at radius 3 is 2.27 bits per heavy atom. The second-order valence-electron chi connectivity index (χ2n) is 10.6. The number of hydrogen-bond acceptors (Lipinski definition) is 9. The number of urea groups is 1. The number of thiazole rings is 1. The number of ether oxygens (including phenoxy) is 4. The highest BCUT2D eigenvalue weighted by Crippen LogP contribution is 2.38. The maximum absolute atomic E-state index is 12.5. The third-order valence-electron chi connectivity index (χ3n) is 6.43. The smallest absolute Gasteiger partial charge is 0.324 e. The number of aromatic nitrogens is 3. The molecule has 0 bridgehead atoms. The first-order valence-corrected chi connectivity index (χ1v) is 14.2. The summed E-state index contributed by atoms with van der Waals surface area (Å²) in [5.41, 5.74) is 3.17. The highest BCUT2D eigenvalue weighted by atomic mass is 32.1. The average Bonchev–Trinajstić information content (AvgIpc) is 3.64. The number of rotatable bonds is 3. The molecule has 1 aliphatic heterocycles. The molecule has 1 aliphatic rings. The number of amides is 2. The first-order chi connectivity index (χ1) is 19.8. The number of imidazole rings is 1. The van der Waals surface area contributed by atoms with Gasteiger partial charge in [0.25, 0.3) is 0 Å². The summed E-state index contributed by atoms with van der Waals surface area (Å²) >= 11 is 1.58. The van der Waals surface area contributed by atoms with E-state index in [1.165, 1.54) is 0 Å². The van der Waals surface area contributed by atoms with E-state index in [2.05, 4.69) is 20.2 Å². The summed E-state index contributed by atoms with van der Waals surface area (Å²) in [5, 5.41) is 9.44. The van der Waals surface area contributed by atoms with Crippen molar-refractivity contribution in [2.24, 2.45) is 0 Å². The Bertz CT molecular complexity index is 1670. The van der Waals surface area contributed by atoms with Gasteiger partial charge >= 0.3 is 6.03 Å². The van der Waals surface area contributed by atoms with Gasteiger partial charge in [-0.15, -0.1) is 0 Å². The normalized spacial score (nSPS) is 14.9. The highest BCUT2D eigenvalue weighted by Gasteiger charge is 2.20. The summed E-state index contributed by atoms with van der Waals surface area (Å²) in [6.07, 6.45) is 2.00. The molecule has 12 heteroatoms. The SMILES string of the molecule is CC(C)(C)c1cc(NC(=O)Nc2ccc(-c3cn4c(n3)sc3cc5c(cc34)OCCOCCOCCO5)cc2)no1. The van der Waals surface area contributed by atoms with Gasteiger partial charge in [0.2, 0.25) is 0 Å². The van der Waals surface area contributed by atoms with Gasteiger partial charge in [-0.25, -0.2) is 9.78 Å². The van der Waals surface area contributed by atoms with Crippen LogP contribution in [-0.2, 0) is 14.9 Å². The highest BCUT2D eigenvalue weighted by molar-refractivity contribution is 7.23. The summed E-state index contributed by atoms with van der Waals surface area (Å²) in [6, 6.07) is 12.8. The van der Waals surface area contributed by atoms with Crippen molar-refractivity contribution in [1.82, 2.24) is 14.5 Å². The van der Waals surface area contributed by atoms with Gasteiger partial charge in [-0.2, -0.15) is 0 Å². The number of carbonyl (C=O) groups is 1. The van der Waals surface area contributed by atoms with Crippen molar-refractivity contribution in [3.63, 3.8) is 0 Å². The van der Waals surface area contributed by atoms with Crippen LogP contribution in [0.15, 0.2) is 53.2 Å². The van der Waals surface area contributed by atoms with Gasteiger partial charge in [0.05, 0.1) is 42.3 Å². The Kier molecular flexibility index (Phi) is 7.52. The third kappa shape index (κ3) is 6.14. The van der Waals surface area contributed by atoms with Crippen molar-refractivity contribution in [3.8, 4) is 22.8 Å². The van der Waals surface area contributed by atoms with Gasteiger partial charge in [0.15, 0.2) is 22.3 Å². The van der Waals surface area contributed by atoms with Gasteiger partial charge in [0, 0.05) is 41.1 Å². The van der Waals surface area contributed by atoms with E-state index in [1.807, 2.05) is 63.4 Å². The molecular formula is C29H31N5O6S. The molecule has 6 rings (SSSR count). The molecule has 0 radical (unpaired) electrons. The molecule has 0 saturated heterocycles. The van der Waals surface area contributed by atoms with Crippen molar-refractivity contribution in [3.05, 3.63) is 54.4 Å². The lowest BCUT2D eigenvalue weighted by molar-refractivity contribution is 0.0224. The van der Waals surface area contributed by atoms with E-state index in [0.29, 0.717) is 68.4 Å². The van der Waals surface area contributed by atoms with Crippen LogP contribution in [0.2, 0.25) is 0 Å². The van der Waals surface area contributed by atoms with Gasteiger partial charge in [-0.3, -0.25) is 9.72 Å². The lowest BCUT2D eigenvalue weighted by atomic mass is 9.93. The van der Waals surface area contributed by atoms with Crippen LogP contribution in [0.1, 0.15) is 26.5 Å². The molecule has 214 valence electrons. The molecule has 3 aromatic heterocycles. The number of anilines is 2. The summed E-state index contributed by atoms with van der Waals surface area (Å²) in [5.74, 6) is 2.39. The van der Waals surface area contributed by atoms with E-state index in [0.717, 1.165) is 26.4 Å². The van der Waals surface area contributed by atoms with Crippen LogP contribution < -0.4 is 20.1 Å². The molecule has 0 saturated carbocycles. The molecule has 11 nitrogen and oxygen atoms in total. The van der Waals surface area contributed by atoms with E-state index >= 15 is 0 Å². The summed E-state index contributed by atoms with van der Waals surface area (Å²) in [6.45, 7) is 8.91. The fraction of sp³-hybridized carbons (Fsp3) is 0.345. The molecular weight excluding hydrogens is 546 g/mol. The summed E-state index contributed by atoms with van der Waals surface area (Å²) in [7, 11) is 0. The predicted molar refractivity (Wildman–Crippen MR) is 156 cm³/mol. The van der Waals surface area contributed by atoms with E-state index < -0.39 is 6.03 Å². The van der Waals surface area contributed by atoms with Crippen LogP contribution in [0.3, 0.4) is 0 Å². The second kappa shape index (κ2) is 11.4. The number of benzene rings is 2. The van der Waals surface area contributed by atoms with Crippen molar-refractivity contribution in [1.29, 1.82) is 0 Å². The fourth-order valence-electron chi connectivity index (χ4n) is 4.31. The van der Waals surface area contributed by atoms with E-state index in [1.54, 1.807) is 17.4 Å². The number of hydrogen-bond donors (Lipinski definition) is 2. The monoisotopic (exact) mass is 577 g/mol. The van der Waals surface area contributed by atoms with Crippen molar-refractivity contribution in [2.75, 3.05) is 50.3 Å². The van der Waals surface area contributed by atoms with Crippen LogP contribution in [-0.4, -0.2) is 60.2 Å². The molecule has 0 atom stereocenters. The zero-order chi connectivity index (χ0) is 28.4. The minimum absolute atomic E-state index is 0.198. The molecule has 0 spiro atoms. The number of nitrogens with one attached hydrogen (secondary N) is 2. The van der Waals surface area contributed by atoms with Gasteiger partial charge in [-0.1, -0.05) is 49.4 Å². The Morgan fingerprint density at radius 2 is 1.59 bits per heavy atom. The number of carbonyl (C=O) groups excluding carboxylic acids is 1. The predicted octanol–water partition coefficient (Wildman–Crippen LogP) is 5.95. The molecule has 2 N–H and O–H groups in total. The zero-order valence-corrected chi connectivity index (χ0v) is 23.9. The second-order valence-corrected chi connectivity index (χ2v) is 11.6. The molecule has 5 aromatic rings. The van der Waals surface area contributed by atoms with Gasteiger partial charge < -0.3 is 28.8 Å². The van der Waals surface area contributed by atoms with Gasteiger partial charge in [-0.05, 0) is 12.1 Å². The molecule has 4 heterocycles. The lowest BCUT2D eigenvalue weighted by Crippen LogP contribution is -2.19. The molecule has 0 unspecified atom stereocenters. The van der Waals surface area contributed by atoms with Crippen molar-refractivity contribution >= 4 is 44.1 Å². The Hall–Kier alpha value is -4.13. The zero-order valence-electron chi connectivity index (χ0n) is 23.1. The van der Waals surface area contributed by atoms with Crippen molar-refractivity contribution in [2.45, 2.75) is 26.2 Å². The Morgan fingerprint density at radius 1 is 0.902 bits per heavy atom. The molecule has 0 aliphatic carbocycles. The maximum Gasteiger partial charge on any atom is 0.324 e. The first-order valence-electron chi connectivity index (χ1n) is 13.4. The van der Waals surface area contributed by atoms with Crippen LogP contribution in [0.5, 0.6) is 11.5 Å². The number of fused-ring (bicyclic) bond motifs is 4. The van der Waals surface area contributed by atoms with Crippen LogP contribution in [0.25, 0.3) is 26.4 Å². The fourth-order valence-corrected chi connectivity index (χ4v) is 5.32. The maximum atomic E-state index is 12.5. The molecule has 2 amide bonds. The molecule has 2 aromatic carbocycles. The molecule has 41 heavy (non-hydrogen) atoms.